The van der Waals surface area contributed by atoms with Gasteiger partial charge in [0.1, 0.15) is 11.6 Å². The summed E-state index contributed by atoms with van der Waals surface area (Å²) in [5.74, 6) is 0.153. The predicted octanol–water partition coefficient (Wildman–Crippen LogP) is 3.44. The van der Waals surface area contributed by atoms with Crippen molar-refractivity contribution in [3.05, 3.63) is 29.3 Å². The highest BCUT2D eigenvalue weighted by atomic mass is 35.5. The van der Waals surface area contributed by atoms with Crippen molar-refractivity contribution in [3.63, 3.8) is 0 Å². The number of aromatic nitrogens is 2. The number of alkyl halides is 1. The monoisotopic (exact) mass is 311 g/mol. The second kappa shape index (κ2) is 6.43. The summed E-state index contributed by atoms with van der Waals surface area (Å²) in [7, 11) is 0. The lowest BCUT2D eigenvalue weighted by Crippen LogP contribution is -2.11. The Morgan fingerprint density at radius 3 is 2.81 bits per heavy atom. The molecular weight excluding hydrogens is 293 g/mol. The van der Waals surface area contributed by atoms with Gasteiger partial charge in [0.2, 0.25) is 5.91 Å². The van der Waals surface area contributed by atoms with E-state index >= 15 is 0 Å². The van der Waals surface area contributed by atoms with E-state index in [9.17, 15) is 9.18 Å². The van der Waals surface area contributed by atoms with Crippen LogP contribution in [0.4, 0.5) is 4.39 Å². The second-order valence-electron chi connectivity index (χ2n) is 5.25. The van der Waals surface area contributed by atoms with Crippen LogP contribution in [-0.2, 0) is 11.3 Å². The molecule has 6 heteroatoms. The van der Waals surface area contributed by atoms with Crippen LogP contribution in [0.15, 0.2) is 12.1 Å². The SMILES string of the molecule is Cc1cc2c(cc1F)nc(C(C)Cl)n2CCCCC(N)=O. The summed E-state index contributed by atoms with van der Waals surface area (Å²) >= 11 is 6.17. The molecule has 2 rings (SSSR count). The Morgan fingerprint density at radius 1 is 1.48 bits per heavy atom. The van der Waals surface area contributed by atoms with Gasteiger partial charge in [0.05, 0.1) is 16.4 Å². The van der Waals surface area contributed by atoms with Gasteiger partial charge < -0.3 is 10.3 Å². The van der Waals surface area contributed by atoms with Gasteiger partial charge in [-0.15, -0.1) is 11.6 Å². The van der Waals surface area contributed by atoms with E-state index in [4.69, 9.17) is 17.3 Å². The number of fused-ring (bicyclic) bond motifs is 1. The molecule has 0 saturated carbocycles. The summed E-state index contributed by atoms with van der Waals surface area (Å²) < 4.78 is 15.7. The van der Waals surface area contributed by atoms with Crippen molar-refractivity contribution >= 4 is 28.5 Å². The highest BCUT2D eigenvalue weighted by molar-refractivity contribution is 6.20. The number of benzene rings is 1. The zero-order valence-electron chi connectivity index (χ0n) is 12.2. The molecule has 0 radical (unpaired) electrons. The molecule has 1 aromatic heterocycles. The van der Waals surface area contributed by atoms with E-state index in [1.54, 1.807) is 13.0 Å². The van der Waals surface area contributed by atoms with E-state index < -0.39 is 0 Å². The van der Waals surface area contributed by atoms with Gasteiger partial charge in [-0.1, -0.05) is 0 Å². The molecule has 0 spiro atoms. The lowest BCUT2D eigenvalue weighted by Gasteiger charge is -2.10. The largest absolute Gasteiger partial charge is 0.370 e. The van der Waals surface area contributed by atoms with Crippen molar-refractivity contribution < 1.29 is 9.18 Å². The summed E-state index contributed by atoms with van der Waals surface area (Å²) in [4.78, 5) is 15.2. The summed E-state index contributed by atoms with van der Waals surface area (Å²) in [6.45, 7) is 4.25. The Kier molecular flexibility index (Phi) is 4.83. The molecule has 0 aliphatic carbocycles. The van der Waals surface area contributed by atoms with Crippen LogP contribution in [0.25, 0.3) is 11.0 Å². The second-order valence-corrected chi connectivity index (χ2v) is 5.91. The van der Waals surface area contributed by atoms with Crippen molar-refractivity contribution in [2.75, 3.05) is 0 Å². The fraction of sp³-hybridized carbons (Fsp3) is 0.467. The van der Waals surface area contributed by atoms with Crippen molar-refractivity contribution in [1.82, 2.24) is 9.55 Å². The molecule has 4 nitrogen and oxygen atoms in total. The number of nitrogens with two attached hydrogens (primary N) is 1. The van der Waals surface area contributed by atoms with Crippen molar-refractivity contribution in [1.29, 1.82) is 0 Å². The molecule has 1 unspecified atom stereocenters. The maximum absolute atomic E-state index is 13.7. The molecule has 0 aliphatic rings. The van der Waals surface area contributed by atoms with Gasteiger partial charge in [0.15, 0.2) is 0 Å². The van der Waals surface area contributed by atoms with Crippen LogP contribution in [0.5, 0.6) is 0 Å². The number of halogens is 2. The van der Waals surface area contributed by atoms with Crippen molar-refractivity contribution in [3.8, 4) is 0 Å². The summed E-state index contributed by atoms with van der Waals surface area (Å²) in [5.41, 5.74) is 7.19. The molecule has 114 valence electrons. The molecular formula is C15H19ClFN3O. The molecule has 0 saturated heterocycles. The topological polar surface area (TPSA) is 60.9 Å². The molecule has 1 heterocycles. The van der Waals surface area contributed by atoms with Gasteiger partial charge in [-0.25, -0.2) is 9.37 Å². The van der Waals surface area contributed by atoms with Crippen molar-refractivity contribution in [2.45, 2.75) is 45.0 Å². The fourth-order valence-corrected chi connectivity index (χ4v) is 2.54. The first kappa shape index (κ1) is 15.8. The molecule has 2 N–H and O–H groups in total. The number of hydrogen-bond acceptors (Lipinski definition) is 2. The number of carbonyl (C=O) groups is 1. The number of aryl methyl sites for hydroxylation is 2. The zero-order chi connectivity index (χ0) is 15.6. The third-order valence-electron chi connectivity index (χ3n) is 3.47. The minimum atomic E-state index is -0.297. The molecule has 21 heavy (non-hydrogen) atoms. The maximum Gasteiger partial charge on any atom is 0.217 e. The van der Waals surface area contributed by atoms with Crippen molar-refractivity contribution in [2.24, 2.45) is 5.73 Å². The van der Waals surface area contributed by atoms with E-state index in [-0.39, 0.29) is 17.1 Å². The molecule has 0 bridgehead atoms. The Morgan fingerprint density at radius 2 is 2.19 bits per heavy atom. The van der Waals surface area contributed by atoms with E-state index in [0.29, 0.717) is 30.5 Å². The van der Waals surface area contributed by atoms with Crippen LogP contribution in [0.3, 0.4) is 0 Å². The van der Waals surface area contributed by atoms with Crippen LogP contribution in [-0.4, -0.2) is 15.5 Å². The maximum atomic E-state index is 13.7. The highest BCUT2D eigenvalue weighted by Gasteiger charge is 2.16. The van der Waals surface area contributed by atoms with E-state index in [2.05, 4.69) is 4.98 Å². The normalized spacial score (nSPS) is 12.8. The molecule has 1 aromatic carbocycles. The Bertz CT molecular complexity index is 666. The van der Waals surface area contributed by atoms with Crippen LogP contribution < -0.4 is 5.73 Å². The third-order valence-corrected chi connectivity index (χ3v) is 3.66. The predicted molar refractivity (Wildman–Crippen MR) is 81.7 cm³/mol. The molecule has 0 fully saturated rings. The number of nitrogens with zero attached hydrogens (tertiary/aromatic N) is 2. The van der Waals surface area contributed by atoms with Crippen LogP contribution in [0, 0.1) is 12.7 Å². The smallest absolute Gasteiger partial charge is 0.217 e. The van der Waals surface area contributed by atoms with E-state index in [1.807, 2.05) is 11.5 Å². The summed E-state index contributed by atoms with van der Waals surface area (Å²) in [6.07, 6.45) is 1.87. The van der Waals surface area contributed by atoms with Crippen LogP contribution >= 0.6 is 11.6 Å². The molecule has 2 aromatic rings. The minimum absolute atomic E-state index is 0.267. The quantitative estimate of drug-likeness (QED) is 0.656. The number of amides is 1. The molecule has 0 aliphatic heterocycles. The molecule has 1 amide bonds. The Hall–Kier alpha value is -1.62. The third kappa shape index (κ3) is 3.53. The molecule has 1 atom stereocenters. The zero-order valence-corrected chi connectivity index (χ0v) is 13.0. The Balaban J connectivity index is 2.32. The van der Waals surface area contributed by atoms with Gasteiger partial charge in [-0.05, 0) is 38.3 Å². The van der Waals surface area contributed by atoms with E-state index in [1.165, 1.54) is 6.07 Å². The number of hydrogen-bond donors (Lipinski definition) is 1. The first-order chi connectivity index (χ1) is 9.90. The number of primary amides is 1. The van der Waals surface area contributed by atoms with Gasteiger partial charge in [0, 0.05) is 19.0 Å². The number of unbranched alkanes of at least 4 members (excludes halogenated alkanes) is 1. The first-order valence-corrected chi connectivity index (χ1v) is 7.42. The van der Waals surface area contributed by atoms with Gasteiger partial charge in [-0.2, -0.15) is 0 Å². The first-order valence-electron chi connectivity index (χ1n) is 6.98. The van der Waals surface area contributed by atoms with Gasteiger partial charge >= 0.3 is 0 Å². The van der Waals surface area contributed by atoms with Crippen LogP contribution in [0.2, 0.25) is 0 Å². The highest BCUT2D eigenvalue weighted by Crippen LogP contribution is 2.27. The van der Waals surface area contributed by atoms with E-state index in [0.717, 1.165) is 17.8 Å². The van der Waals surface area contributed by atoms with Crippen LogP contribution in [0.1, 0.15) is 43.0 Å². The van der Waals surface area contributed by atoms with Gasteiger partial charge in [-0.3, -0.25) is 4.79 Å². The summed E-state index contributed by atoms with van der Waals surface area (Å²) in [5, 5.41) is -0.267. The number of imidazole rings is 1. The Labute approximate surface area is 128 Å². The average Bonchev–Trinajstić information content (AvgIpc) is 2.73. The summed E-state index contributed by atoms with van der Waals surface area (Å²) in [6, 6.07) is 3.22. The minimum Gasteiger partial charge on any atom is -0.370 e. The lowest BCUT2D eigenvalue weighted by molar-refractivity contribution is -0.118. The lowest BCUT2D eigenvalue weighted by atomic mass is 10.2. The standard InChI is InChI=1S/C15H19ClFN3O/c1-9-7-13-12(8-11(9)17)19-15(10(2)16)20(13)6-4-3-5-14(18)21/h7-8,10H,3-6H2,1-2H3,(H2,18,21). The van der Waals surface area contributed by atoms with Gasteiger partial charge in [0.25, 0.3) is 0 Å². The number of carbonyl (C=O) groups excluding carboxylic acids is 1. The number of rotatable bonds is 6. The average molecular weight is 312 g/mol. The fourth-order valence-electron chi connectivity index (χ4n) is 2.38.